The SMILES string of the molecule is Cc1cc(C)nc(C2CN(C(=O)c3cnc(C4CC4)nc3)CCO2)n1. The molecule has 7 nitrogen and oxygen atoms in total. The van der Waals surface area contributed by atoms with Crippen LogP contribution in [0.15, 0.2) is 18.5 Å². The molecule has 0 aromatic carbocycles. The summed E-state index contributed by atoms with van der Waals surface area (Å²) in [4.78, 5) is 32.1. The molecule has 1 unspecified atom stereocenters. The fourth-order valence-electron chi connectivity index (χ4n) is 3.07. The van der Waals surface area contributed by atoms with Gasteiger partial charge in [0, 0.05) is 36.2 Å². The second-order valence-corrected chi connectivity index (χ2v) is 6.72. The van der Waals surface area contributed by atoms with Crippen molar-refractivity contribution in [3.05, 3.63) is 47.1 Å². The highest BCUT2D eigenvalue weighted by Crippen LogP contribution is 2.37. The first kappa shape index (κ1) is 16.1. The summed E-state index contributed by atoms with van der Waals surface area (Å²) in [6, 6.07) is 1.92. The second kappa shape index (κ2) is 6.48. The number of ether oxygens (including phenoxy) is 1. The lowest BCUT2D eigenvalue weighted by atomic mass is 10.2. The number of amides is 1. The van der Waals surface area contributed by atoms with Gasteiger partial charge in [0.15, 0.2) is 5.82 Å². The maximum Gasteiger partial charge on any atom is 0.257 e. The summed E-state index contributed by atoms with van der Waals surface area (Å²) in [6.07, 6.45) is 5.27. The lowest BCUT2D eigenvalue weighted by Gasteiger charge is -2.32. The number of carbonyl (C=O) groups excluding carboxylic acids is 1. The Labute approximate surface area is 146 Å². The van der Waals surface area contributed by atoms with Gasteiger partial charge >= 0.3 is 0 Å². The van der Waals surface area contributed by atoms with E-state index in [4.69, 9.17) is 4.74 Å². The highest BCUT2D eigenvalue weighted by molar-refractivity contribution is 5.93. The normalized spacial score (nSPS) is 20.6. The van der Waals surface area contributed by atoms with Gasteiger partial charge in [-0.05, 0) is 32.8 Å². The molecule has 0 spiro atoms. The van der Waals surface area contributed by atoms with Gasteiger partial charge in [-0.3, -0.25) is 4.79 Å². The zero-order chi connectivity index (χ0) is 17.4. The van der Waals surface area contributed by atoms with E-state index in [0.717, 1.165) is 30.1 Å². The maximum atomic E-state index is 12.8. The van der Waals surface area contributed by atoms with Crippen molar-refractivity contribution in [2.24, 2.45) is 0 Å². The minimum Gasteiger partial charge on any atom is -0.367 e. The van der Waals surface area contributed by atoms with Crippen LogP contribution in [0.1, 0.15) is 58.3 Å². The van der Waals surface area contributed by atoms with Gasteiger partial charge in [0.05, 0.1) is 18.7 Å². The fourth-order valence-corrected chi connectivity index (χ4v) is 3.07. The Morgan fingerprint density at radius 1 is 1.12 bits per heavy atom. The molecule has 1 aliphatic carbocycles. The van der Waals surface area contributed by atoms with Gasteiger partial charge in [0.25, 0.3) is 5.91 Å². The summed E-state index contributed by atoms with van der Waals surface area (Å²) in [5.41, 5.74) is 2.32. The van der Waals surface area contributed by atoms with Gasteiger partial charge in [-0.15, -0.1) is 0 Å². The summed E-state index contributed by atoms with van der Waals surface area (Å²) in [5.74, 6) is 1.90. The molecule has 1 atom stereocenters. The lowest BCUT2D eigenvalue weighted by Crippen LogP contribution is -2.42. The van der Waals surface area contributed by atoms with E-state index in [2.05, 4.69) is 19.9 Å². The number of morpholine rings is 1. The van der Waals surface area contributed by atoms with Crippen LogP contribution in [-0.2, 0) is 4.74 Å². The Hall–Kier alpha value is -2.41. The molecule has 1 aliphatic heterocycles. The molecule has 0 N–H and O–H groups in total. The van der Waals surface area contributed by atoms with E-state index in [9.17, 15) is 4.79 Å². The Bertz CT molecular complexity index is 768. The van der Waals surface area contributed by atoms with Crippen LogP contribution < -0.4 is 0 Å². The number of aromatic nitrogens is 4. The van der Waals surface area contributed by atoms with Gasteiger partial charge in [0.1, 0.15) is 11.9 Å². The number of rotatable bonds is 3. The predicted molar refractivity (Wildman–Crippen MR) is 90.1 cm³/mol. The van der Waals surface area contributed by atoms with Gasteiger partial charge in [-0.2, -0.15) is 0 Å². The van der Waals surface area contributed by atoms with E-state index >= 15 is 0 Å². The predicted octanol–water partition coefficient (Wildman–Crippen LogP) is 1.97. The Morgan fingerprint density at radius 2 is 1.80 bits per heavy atom. The topological polar surface area (TPSA) is 81.1 Å². The number of aryl methyl sites for hydroxylation is 2. The van der Waals surface area contributed by atoms with E-state index in [-0.39, 0.29) is 12.0 Å². The van der Waals surface area contributed by atoms with Crippen molar-refractivity contribution >= 4 is 5.91 Å². The molecule has 3 heterocycles. The highest BCUT2D eigenvalue weighted by Gasteiger charge is 2.30. The second-order valence-electron chi connectivity index (χ2n) is 6.72. The number of hydrogen-bond donors (Lipinski definition) is 0. The average Bonchev–Trinajstić information content (AvgIpc) is 3.46. The minimum absolute atomic E-state index is 0.0694. The molecule has 0 bridgehead atoms. The van der Waals surface area contributed by atoms with Crippen LogP contribution in [0.5, 0.6) is 0 Å². The summed E-state index contributed by atoms with van der Waals surface area (Å²) < 4.78 is 5.80. The molecular weight excluding hydrogens is 318 g/mol. The Balaban J connectivity index is 1.49. The first-order valence-electron chi connectivity index (χ1n) is 8.65. The van der Waals surface area contributed by atoms with E-state index in [1.54, 1.807) is 17.3 Å². The molecule has 0 radical (unpaired) electrons. The third kappa shape index (κ3) is 3.51. The van der Waals surface area contributed by atoms with Gasteiger partial charge in [-0.1, -0.05) is 0 Å². The molecule has 1 saturated heterocycles. The molecular formula is C18H21N5O2. The summed E-state index contributed by atoms with van der Waals surface area (Å²) in [6.45, 7) is 5.32. The monoisotopic (exact) mass is 339 g/mol. The fraction of sp³-hybridized carbons (Fsp3) is 0.500. The van der Waals surface area contributed by atoms with Crippen molar-refractivity contribution in [3.8, 4) is 0 Å². The smallest absolute Gasteiger partial charge is 0.257 e. The van der Waals surface area contributed by atoms with Crippen LogP contribution in [0.3, 0.4) is 0 Å². The van der Waals surface area contributed by atoms with Crippen molar-refractivity contribution in [2.45, 2.75) is 38.7 Å². The molecule has 2 fully saturated rings. The van der Waals surface area contributed by atoms with Crippen molar-refractivity contribution in [2.75, 3.05) is 19.7 Å². The van der Waals surface area contributed by atoms with E-state index in [0.29, 0.717) is 37.0 Å². The maximum absolute atomic E-state index is 12.8. The molecule has 25 heavy (non-hydrogen) atoms. The number of hydrogen-bond acceptors (Lipinski definition) is 6. The Morgan fingerprint density at radius 3 is 2.44 bits per heavy atom. The van der Waals surface area contributed by atoms with Crippen LogP contribution in [0.25, 0.3) is 0 Å². The van der Waals surface area contributed by atoms with Crippen LogP contribution in [-0.4, -0.2) is 50.4 Å². The zero-order valence-corrected chi connectivity index (χ0v) is 14.5. The quantitative estimate of drug-likeness (QED) is 0.850. The van der Waals surface area contributed by atoms with Gasteiger partial charge in [0.2, 0.25) is 0 Å². The highest BCUT2D eigenvalue weighted by atomic mass is 16.5. The van der Waals surface area contributed by atoms with Crippen molar-refractivity contribution in [1.29, 1.82) is 0 Å². The third-order valence-corrected chi connectivity index (χ3v) is 4.50. The van der Waals surface area contributed by atoms with Crippen LogP contribution >= 0.6 is 0 Å². The molecule has 1 saturated carbocycles. The summed E-state index contributed by atoms with van der Waals surface area (Å²) in [5, 5.41) is 0. The number of carbonyl (C=O) groups is 1. The van der Waals surface area contributed by atoms with Crippen LogP contribution in [0.2, 0.25) is 0 Å². The van der Waals surface area contributed by atoms with E-state index in [1.807, 2.05) is 19.9 Å². The van der Waals surface area contributed by atoms with Crippen molar-refractivity contribution < 1.29 is 9.53 Å². The standard InChI is InChI=1S/C18H21N5O2/c1-11-7-12(2)22-17(21-11)15-10-23(5-6-25-15)18(24)14-8-19-16(20-9-14)13-3-4-13/h7-9,13,15H,3-6,10H2,1-2H3. The first-order valence-corrected chi connectivity index (χ1v) is 8.65. The molecule has 2 aromatic heterocycles. The Kier molecular flexibility index (Phi) is 4.17. The number of nitrogens with zero attached hydrogens (tertiary/aromatic N) is 5. The molecule has 2 aliphatic rings. The molecule has 130 valence electrons. The molecule has 2 aromatic rings. The van der Waals surface area contributed by atoms with E-state index in [1.165, 1.54) is 0 Å². The first-order chi connectivity index (χ1) is 12.1. The third-order valence-electron chi connectivity index (χ3n) is 4.50. The summed E-state index contributed by atoms with van der Waals surface area (Å²) in [7, 11) is 0. The van der Waals surface area contributed by atoms with Crippen molar-refractivity contribution in [3.63, 3.8) is 0 Å². The van der Waals surface area contributed by atoms with Gasteiger partial charge in [-0.25, -0.2) is 19.9 Å². The molecule has 1 amide bonds. The zero-order valence-electron chi connectivity index (χ0n) is 14.5. The lowest BCUT2D eigenvalue weighted by molar-refractivity contribution is -0.0269. The molecule has 4 rings (SSSR count). The van der Waals surface area contributed by atoms with Crippen LogP contribution in [0, 0.1) is 13.8 Å². The van der Waals surface area contributed by atoms with Crippen molar-refractivity contribution in [1.82, 2.24) is 24.8 Å². The van der Waals surface area contributed by atoms with E-state index < -0.39 is 0 Å². The molecule has 7 heteroatoms. The largest absolute Gasteiger partial charge is 0.367 e. The average molecular weight is 339 g/mol. The summed E-state index contributed by atoms with van der Waals surface area (Å²) >= 11 is 0. The van der Waals surface area contributed by atoms with Gasteiger partial charge < -0.3 is 9.64 Å². The minimum atomic E-state index is -0.303. The van der Waals surface area contributed by atoms with Crippen LogP contribution in [0.4, 0.5) is 0 Å².